The molecular formula is C33H37N7O5S. The molecular weight excluding hydrogens is 606 g/mol. The van der Waals surface area contributed by atoms with E-state index in [2.05, 4.69) is 25.6 Å². The summed E-state index contributed by atoms with van der Waals surface area (Å²) in [6.45, 7) is 1.78. The van der Waals surface area contributed by atoms with E-state index in [9.17, 15) is 18.0 Å². The van der Waals surface area contributed by atoms with Gasteiger partial charge in [-0.15, -0.1) is 10.2 Å². The summed E-state index contributed by atoms with van der Waals surface area (Å²) in [6, 6.07) is 11.3. The van der Waals surface area contributed by atoms with E-state index >= 15 is 0 Å². The number of amides is 2. The predicted molar refractivity (Wildman–Crippen MR) is 173 cm³/mol. The Hall–Kier alpha value is -4.49. The van der Waals surface area contributed by atoms with Gasteiger partial charge in [-0.2, -0.15) is 12.7 Å². The molecule has 2 aromatic heterocycles. The Morgan fingerprint density at radius 3 is 2.59 bits per heavy atom. The van der Waals surface area contributed by atoms with Gasteiger partial charge in [-0.1, -0.05) is 25.3 Å². The van der Waals surface area contributed by atoms with Crippen molar-refractivity contribution in [2.45, 2.75) is 57.7 Å². The van der Waals surface area contributed by atoms with Crippen molar-refractivity contribution in [3.8, 4) is 17.0 Å². The van der Waals surface area contributed by atoms with Crippen LogP contribution in [-0.2, 0) is 34.6 Å². The molecule has 0 radical (unpaired) electrons. The third kappa shape index (κ3) is 5.26. The third-order valence-electron chi connectivity index (χ3n) is 9.45. The molecule has 7 rings (SSSR count). The van der Waals surface area contributed by atoms with Crippen molar-refractivity contribution < 1.29 is 22.7 Å². The molecule has 13 heteroatoms. The quantitative estimate of drug-likeness (QED) is 0.337. The van der Waals surface area contributed by atoms with Gasteiger partial charge in [0.25, 0.3) is 11.8 Å². The fourth-order valence-corrected chi connectivity index (χ4v) is 7.56. The van der Waals surface area contributed by atoms with Crippen LogP contribution in [0.2, 0.25) is 0 Å². The summed E-state index contributed by atoms with van der Waals surface area (Å²) in [4.78, 5) is 29.3. The van der Waals surface area contributed by atoms with Gasteiger partial charge in [0.15, 0.2) is 5.82 Å². The number of benzene rings is 2. The maximum absolute atomic E-state index is 14.3. The topological polar surface area (TPSA) is 132 Å². The standard InChI is InChI=1S/C33H37N7O5S/c1-37(2)46(43,44)36-32(41)22-9-11-27-28(17-22)40-18-24(33(42)38-13-14-39-20-34-35-29(39)19-38)15-23-16-25(45-3)10-12-26(23)31(40)30(27)21-7-5-4-6-8-21/h9-12,15-17,20-21H,4-8,13-14,18-19H2,1-3H3,(H,36,41). The number of aromatic nitrogens is 4. The molecule has 1 fully saturated rings. The first-order valence-electron chi connectivity index (χ1n) is 15.6. The minimum Gasteiger partial charge on any atom is -0.497 e. The Kier molecular flexibility index (Phi) is 7.68. The lowest BCUT2D eigenvalue weighted by atomic mass is 9.81. The Morgan fingerprint density at radius 2 is 1.83 bits per heavy atom. The Balaban J connectivity index is 1.40. The van der Waals surface area contributed by atoms with Crippen LogP contribution < -0.4 is 9.46 Å². The first-order chi connectivity index (χ1) is 22.1. The molecule has 1 N–H and O–H groups in total. The molecule has 2 aromatic carbocycles. The number of nitrogens with zero attached hydrogens (tertiary/aromatic N) is 6. The summed E-state index contributed by atoms with van der Waals surface area (Å²) in [5, 5.41) is 9.22. The average Bonchev–Trinajstić information content (AvgIpc) is 3.61. The summed E-state index contributed by atoms with van der Waals surface area (Å²) < 4.78 is 37.8. The van der Waals surface area contributed by atoms with Gasteiger partial charge >= 0.3 is 10.2 Å². The maximum atomic E-state index is 14.3. The van der Waals surface area contributed by atoms with E-state index in [1.165, 1.54) is 26.1 Å². The number of methoxy groups -OCH3 is 1. The molecule has 0 bridgehead atoms. The lowest BCUT2D eigenvalue weighted by Gasteiger charge is -2.28. The molecule has 1 saturated carbocycles. The zero-order chi connectivity index (χ0) is 32.2. The lowest BCUT2D eigenvalue weighted by Crippen LogP contribution is -2.39. The average molecular weight is 644 g/mol. The van der Waals surface area contributed by atoms with E-state index in [1.54, 1.807) is 30.5 Å². The van der Waals surface area contributed by atoms with Crippen molar-refractivity contribution in [3.63, 3.8) is 0 Å². The van der Waals surface area contributed by atoms with Gasteiger partial charge < -0.3 is 18.8 Å². The number of fused-ring (bicyclic) bond motifs is 6. The maximum Gasteiger partial charge on any atom is 0.303 e. The summed E-state index contributed by atoms with van der Waals surface area (Å²) >= 11 is 0. The van der Waals surface area contributed by atoms with Crippen LogP contribution >= 0.6 is 0 Å². The second kappa shape index (κ2) is 11.7. The van der Waals surface area contributed by atoms with Gasteiger partial charge in [0.05, 0.1) is 25.9 Å². The smallest absolute Gasteiger partial charge is 0.303 e. The van der Waals surface area contributed by atoms with E-state index in [0.717, 1.165) is 63.5 Å². The molecule has 12 nitrogen and oxygen atoms in total. The highest BCUT2D eigenvalue weighted by atomic mass is 32.2. The van der Waals surface area contributed by atoms with Crippen LogP contribution in [0, 0.1) is 0 Å². The van der Waals surface area contributed by atoms with Crippen molar-refractivity contribution in [1.82, 2.24) is 33.3 Å². The second-order valence-corrected chi connectivity index (χ2v) is 14.3. The zero-order valence-electron chi connectivity index (χ0n) is 26.2. The third-order valence-corrected chi connectivity index (χ3v) is 10.9. The molecule has 46 heavy (non-hydrogen) atoms. The van der Waals surface area contributed by atoms with Crippen LogP contribution in [0.25, 0.3) is 28.2 Å². The number of carbonyl (C=O) groups is 2. The highest BCUT2D eigenvalue weighted by molar-refractivity contribution is 7.87. The number of rotatable bonds is 6. The first kappa shape index (κ1) is 30.2. The van der Waals surface area contributed by atoms with Crippen molar-refractivity contribution in [2.75, 3.05) is 27.7 Å². The molecule has 0 atom stereocenters. The minimum atomic E-state index is -3.99. The fourth-order valence-electron chi connectivity index (χ4n) is 7.02. The monoisotopic (exact) mass is 643 g/mol. The highest BCUT2D eigenvalue weighted by Gasteiger charge is 2.32. The molecule has 2 aliphatic heterocycles. The molecule has 0 unspecified atom stereocenters. The van der Waals surface area contributed by atoms with Gasteiger partial charge in [0.1, 0.15) is 12.1 Å². The molecule has 1 aliphatic carbocycles. The van der Waals surface area contributed by atoms with E-state index in [-0.39, 0.29) is 18.0 Å². The van der Waals surface area contributed by atoms with E-state index in [4.69, 9.17) is 4.74 Å². The number of hydrogen-bond acceptors (Lipinski definition) is 7. The molecule has 240 valence electrons. The molecule has 0 spiro atoms. The Bertz CT molecular complexity index is 2000. The molecule has 4 aromatic rings. The van der Waals surface area contributed by atoms with E-state index < -0.39 is 16.1 Å². The van der Waals surface area contributed by atoms with Gasteiger partial charge in [0.2, 0.25) is 0 Å². The fraction of sp³-hybridized carbons (Fsp3) is 0.394. The van der Waals surface area contributed by atoms with Crippen molar-refractivity contribution >= 4 is 39.0 Å². The highest BCUT2D eigenvalue weighted by Crippen LogP contribution is 2.47. The lowest BCUT2D eigenvalue weighted by molar-refractivity contribution is -0.128. The van der Waals surface area contributed by atoms with Gasteiger partial charge in [-0.05, 0) is 66.3 Å². The van der Waals surface area contributed by atoms with Crippen molar-refractivity contribution in [2.24, 2.45) is 0 Å². The number of hydrogen-bond donors (Lipinski definition) is 1. The van der Waals surface area contributed by atoms with Crippen LogP contribution in [0.5, 0.6) is 5.75 Å². The molecule has 3 aliphatic rings. The Labute approximate surface area is 267 Å². The van der Waals surface area contributed by atoms with Crippen LogP contribution in [0.3, 0.4) is 0 Å². The van der Waals surface area contributed by atoms with E-state index in [1.807, 2.05) is 28.8 Å². The molecule has 0 saturated heterocycles. The van der Waals surface area contributed by atoms with Gasteiger partial charge in [-0.25, -0.2) is 4.72 Å². The number of ether oxygens (including phenoxy) is 1. The largest absolute Gasteiger partial charge is 0.497 e. The van der Waals surface area contributed by atoms with Crippen LogP contribution in [0.4, 0.5) is 0 Å². The van der Waals surface area contributed by atoms with Crippen LogP contribution in [0.1, 0.15) is 65.3 Å². The van der Waals surface area contributed by atoms with Gasteiger partial charge in [-0.3, -0.25) is 9.59 Å². The predicted octanol–water partition coefficient (Wildman–Crippen LogP) is 3.93. The molecule has 2 amide bonds. The van der Waals surface area contributed by atoms with Crippen molar-refractivity contribution in [3.05, 3.63) is 70.8 Å². The SMILES string of the molecule is COc1ccc2c(c1)C=C(C(=O)N1CCn3cnnc3C1)Cn1c-2c(C2CCCCC2)c2ccc(C(=O)NS(=O)(=O)N(C)C)cc21. The second-order valence-electron chi connectivity index (χ2n) is 12.4. The molecule has 4 heterocycles. The minimum absolute atomic E-state index is 0.0945. The summed E-state index contributed by atoms with van der Waals surface area (Å²) in [6.07, 6.45) is 9.22. The van der Waals surface area contributed by atoms with Gasteiger partial charge in [0, 0.05) is 54.8 Å². The zero-order valence-corrected chi connectivity index (χ0v) is 27.0. The van der Waals surface area contributed by atoms with Crippen LogP contribution in [-0.4, -0.2) is 76.5 Å². The number of nitrogens with one attached hydrogen (secondary N) is 1. The summed E-state index contributed by atoms with van der Waals surface area (Å²) in [5.41, 5.74) is 5.71. The van der Waals surface area contributed by atoms with E-state index in [0.29, 0.717) is 36.9 Å². The number of carbonyl (C=O) groups excluding carboxylic acids is 2. The summed E-state index contributed by atoms with van der Waals surface area (Å²) in [5.74, 6) is 0.932. The summed E-state index contributed by atoms with van der Waals surface area (Å²) in [7, 11) is 0.379. The normalized spacial score (nSPS) is 16.8. The van der Waals surface area contributed by atoms with Crippen LogP contribution in [0.15, 0.2) is 48.3 Å². The van der Waals surface area contributed by atoms with Crippen molar-refractivity contribution in [1.29, 1.82) is 0 Å². The Morgan fingerprint density at radius 1 is 1.02 bits per heavy atom. The first-order valence-corrected chi connectivity index (χ1v) is 17.0.